The third kappa shape index (κ3) is 2.96. The molecule has 0 aliphatic rings. The molecule has 0 saturated carbocycles. The van der Waals surface area contributed by atoms with Crippen LogP contribution in [0.4, 0.5) is 0 Å². The normalized spacial score (nSPS) is 13.9. The first kappa shape index (κ1) is 12.5. The SMILES string of the molecule is CCC(C)(C)C(NC)c1ccc(Cl)cc1. The zero-order valence-electron chi connectivity index (χ0n) is 9.97. The van der Waals surface area contributed by atoms with Gasteiger partial charge in [0.1, 0.15) is 0 Å². The van der Waals surface area contributed by atoms with Crippen molar-refractivity contribution in [3.63, 3.8) is 0 Å². The maximum atomic E-state index is 5.89. The maximum Gasteiger partial charge on any atom is 0.0406 e. The maximum absolute atomic E-state index is 5.89. The van der Waals surface area contributed by atoms with Crippen molar-refractivity contribution >= 4 is 11.6 Å². The summed E-state index contributed by atoms with van der Waals surface area (Å²) in [6.07, 6.45) is 1.14. The number of hydrogen-bond donors (Lipinski definition) is 1. The molecule has 2 heteroatoms. The van der Waals surface area contributed by atoms with E-state index in [4.69, 9.17) is 11.6 Å². The lowest BCUT2D eigenvalue weighted by Crippen LogP contribution is -2.31. The molecule has 0 aliphatic heterocycles. The van der Waals surface area contributed by atoms with Gasteiger partial charge in [-0.25, -0.2) is 0 Å². The quantitative estimate of drug-likeness (QED) is 0.816. The molecule has 0 aromatic heterocycles. The van der Waals surface area contributed by atoms with E-state index in [9.17, 15) is 0 Å². The van der Waals surface area contributed by atoms with Gasteiger partial charge in [-0.2, -0.15) is 0 Å². The van der Waals surface area contributed by atoms with Crippen molar-refractivity contribution in [1.82, 2.24) is 5.32 Å². The molecular weight excluding hydrogens is 206 g/mol. The van der Waals surface area contributed by atoms with Crippen LogP contribution in [0.5, 0.6) is 0 Å². The Morgan fingerprint density at radius 3 is 2.20 bits per heavy atom. The average Bonchev–Trinajstić information content (AvgIpc) is 2.22. The van der Waals surface area contributed by atoms with Crippen LogP contribution in [-0.2, 0) is 0 Å². The van der Waals surface area contributed by atoms with Crippen LogP contribution >= 0.6 is 11.6 Å². The van der Waals surface area contributed by atoms with Crippen LogP contribution < -0.4 is 5.32 Å². The molecule has 0 heterocycles. The van der Waals surface area contributed by atoms with Crippen LogP contribution in [0.3, 0.4) is 0 Å². The Bertz CT molecular complexity index is 303. The summed E-state index contributed by atoms with van der Waals surface area (Å²) in [6.45, 7) is 6.78. The van der Waals surface area contributed by atoms with Gasteiger partial charge in [-0.05, 0) is 36.6 Å². The summed E-state index contributed by atoms with van der Waals surface area (Å²) < 4.78 is 0. The highest BCUT2D eigenvalue weighted by Gasteiger charge is 2.27. The lowest BCUT2D eigenvalue weighted by atomic mass is 9.78. The van der Waals surface area contributed by atoms with Crippen LogP contribution in [0.25, 0.3) is 0 Å². The standard InChI is InChI=1S/C13H20ClN/c1-5-13(2,3)12(15-4)10-6-8-11(14)9-7-10/h6-9,12,15H,5H2,1-4H3. The van der Waals surface area contributed by atoms with Gasteiger partial charge < -0.3 is 5.32 Å². The van der Waals surface area contributed by atoms with Gasteiger partial charge in [-0.3, -0.25) is 0 Å². The molecule has 0 radical (unpaired) electrons. The lowest BCUT2D eigenvalue weighted by molar-refractivity contribution is 0.245. The van der Waals surface area contributed by atoms with Crippen molar-refractivity contribution in [2.75, 3.05) is 7.05 Å². The Kier molecular flexibility index (Phi) is 4.18. The van der Waals surface area contributed by atoms with Gasteiger partial charge >= 0.3 is 0 Å². The van der Waals surface area contributed by atoms with Crippen LogP contribution in [0.2, 0.25) is 5.02 Å². The number of hydrogen-bond acceptors (Lipinski definition) is 1. The first-order valence-corrected chi connectivity index (χ1v) is 5.81. The number of rotatable bonds is 4. The first-order chi connectivity index (χ1) is 7.01. The summed E-state index contributed by atoms with van der Waals surface area (Å²) in [4.78, 5) is 0. The minimum Gasteiger partial charge on any atom is -0.313 e. The van der Waals surface area contributed by atoms with Crippen LogP contribution in [0, 0.1) is 5.41 Å². The highest BCUT2D eigenvalue weighted by atomic mass is 35.5. The van der Waals surface area contributed by atoms with E-state index < -0.39 is 0 Å². The fourth-order valence-corrected chi connectivity index (χ4v) is 1.99. The molecule has 0 aliphatic carbocycles. The summed E-state index contributed by atoms with van der Waals surface area (Å²) in [5.41, 5.74) is 1.55. The second-order valence-electron chi connectivity index (χ2n) is 4.62. The highest BCUT2D eigenvalue weighted by molar-refractivity contribution is 6.30. The Labute approximate surface area is 97.8 Å². The highest BCUT2D eigenvalue weighted by Crippen LogP contribution is 2.36. The molecule has 0 spiro atoms. The monoisotopic (exact) mass is 225 g/mol. The fraction of sp³-hybridized carbons (Fsp3) is 0.538. The van der Waals surface area contributed by atoms with E-state index in [0.717, 1.165) is 11.4 Å². The summed E-state index contributed by atoms with van der Waals surface area (Å²) in [5.74, 6) is 0. The van der Waals surface area contributed by atoms with Gasteiger partial charge in [0.2, 0.25) is 0 Å². The predicted octanol–water partition coefficient (Wildman–Crippen LogP) is 4.04. The molecule has 1 nitrogen and oxygen atoms in total. The zero-order chi connectivity index (χ0) is 11.5. The lowest BCUT2D eigenvalue weighted by Gasteiger charge is -2.33. The van der Waals surface area contributed by atoms with Gasteiger partial charge in [0.25, 0.3) is 0 Å². The van der Waals surface area contributed by atoms with Gasteiger partial charge in [0.05, 0.1) is 0 Å². The molecule has 15 heavy (non-hydrogen) atoms. The predicted molar refractivity (Wildman–Crippen MR) is 67.3 cm³/mol. The molecule has 1 aromatic carbocycles. The first-order valence-electron chi connectivity index (χ1n) is 5.44. The zero-order valence-corrected chi connectivity index (χ0v) is 10.7. The Hall–Kier alpha value is -0.530. The summed E-state index contributed by atoms with van der Waals surface area (Å²) in [6, 6.07) is 8.47. The van der Waals surface area contributed by atoms with E-state index in [1.54, 1.807) is 0 Å². The molecule has 0 saturated heterocycles. The Balaban J connectivity index is 2.97. The van der Waals surface area contributed by atoms with Gasteiger partial charge in [0, 0.05) is 11.1 Å². The third-order valence-electron chi connectivity index (χ3n) is 3.18. The summed E-state index contributed by atoms with van der Waals surface area (Å²) in [7, 11) is 2.01. The minimum atomic E-state index is 0.253. The van der Waals surface area contributed by atoms with Crippen molar-refractivity contribution in [3.8, 4) is 0 Å². The molecule has 1 rings (SSSR count). The molecular formula is C13H20ClN. The molecule has 84 valence electrons. The minimum absolute atomic E-state index is 0.253. The van der Waals surface area contributed by atoms with E-state index in [1.807, 2.05) is 19.2 Å². The molecule has 1 unspecified atom stereocenters. The fourth-order valence-electron chi connectivity index (χ4n) is 1.87. The van der Waals surface area contributed by atoms with Gasteiger partial charge in [-0.1, -0.05) is 44.5 Å². The van der Waals surface area contributed by atoms with Crippen LogP contribution in [-0.4, -0.2) is 7.05 Å². The van der Waals surface area contributed by atoms with Crippen molar-refractivity contribution in [2.24, 2.45) is 5.41 Å². The van der Waals surface area contributed by atoms with E-state index in [1.165, 1.54) is 5.56 Å². The topological polar surface area (TPSA) is 12.0 Å². The Morgan fingerprint density at radius 2 is 1.80 bits per heavy atom. The number of halogens is 1. The van der Waals surface area contributed by atoms with Crippen molar-refractivity contribution in [3.05, 3.63) is 34.9 Å². The molecule has 1 atom stereocenters. The summed E-state index contributed by atoms with van der Waals surface area (Å²) in [5, 5.41) is 4.18. The second kappa shape index (κ2) is 5.00. The Morgan fingerprint density at radius 1 is 1.27 bits per heavy atom. The average molecular weight is 226 g/mol. The molecule has 0 amide bonds. The van der Waals surface area contributed by atoms with Crippen molar-refractivity contribution < 1.29 is 0 Å². The van der Waals surface area contributed by atoms with E-state index >= 15 is 0 Å². The van der Waals surface area contributed by atoms with E-state index in [0.29, 0.717) is 6.04 Å². The van der Waals surface area contributed by atoms with Crippen molar-refractivity contribution in [1.29, 1.82) is 0 Å². The molecule has 0 fully saturated rings. The van der Waals surface area contributed by atoms with E-state index in [-0.39, 0.29) is 5.41 Å². The number of benzene rings is 1. The summed E-state index contributed by atoms with van der Waals surface area (Å²) >= 11 is 5.89. The van der Waals surface area contributed by atoms with Crippen LogP contribution in [0.15, 0.2) is 24.3 Å². The molecule has 1 N–H and O–H groups in total. The van der Waals surface area contributed by atoms with Gasteiger partial charge in [-0.15, -0.1) is 0 Å². The third-order valence-corrected chi connectivity index (χ3v) is 3.44. The van der Waals surface area contributed by atoms with Gasteiger partial charge in [0.15, 0.2) is 0 Å². The smallest absolute Gasteiger partial charge is 0.0406 e. The van der Waals surface area contributed by atoms with Crippen LogP contribution in [0.1, 0.15) is 38.8 Å². The van der Waals surface area contributed by atoms with Crippen molar-refractivity contribution in [2.45, 2.75) is 33.2 Å². The number of nitrogens with one attached hydrogen (secondary N) is 1. The molecule has 0 bridgehead atoms. The second-order valence-corrected chi connectivity index (χ2v) is 5.05. The largest absolute Gasteiger partial charge is 0.313 e. The molecule has 1 aromatic rings. The van der Waals surface area contributed by atoms with E-state index in [2.05, 4.69) is 38.2 Å².